The number of esters is 1. The Morgan fingerprint density at radius 1 is 1.04 bits per heavy atom. The van der Waals surface area contributed by atoms with Crippen LogP contribution in [0.2, 0.25) is 0 Å². The monoisotopic (exact) mass is 353 g/mol. The van der Waals surface area contributed by atoms with Crippen molar-refractivity contribution in [3.8, 4) is 5.75 Å². The van der Waals surface area contributed by atoms with Gasteiger partial charge in [0, 0.05) is 11.1 Å². The van der Waals surface area contributed by atoms with Crippen LogP contribution >= 0.6 is 0 Å². The molecule has 26 heavy (non-hydrogen) atoms. The Morgan fingerprint density at radius 3 is 2.31 bits per heavy atom. The van der Waals surface area contributed by atoms with Gasteiger partial charge >= 0.3 is 5.97 Å². The first kappa shape index (κ1) is 17.7. The van der Waals surface area contributed by atoms with E-state index in [1.807, 2.05) is 18.2 Å². The van der Waals surface area contributed by atoms with Gasteiger partial charge in [-0.15, -0.1) is 0 Å². The van der Waals surface area contributed by atoms with Crippen LogP contribution in [0.5, 0.6) is 5.75 Å². The maximum absolute atomic E-state index is 12.4. The molecule has 0 saturated carbocycles. The minimum absolute atomic E-state index is 0.0695. The predicted octanol–water partition coefficient (Wildman–Crippen LogP) is 2.42. The van der Waals surface area contributed by atoms with Gasteiger partial charge < -0.3 is 9.47 Å². The van der Waals surface area contributed by atoms with Crippen LogP contribution in [0.25, 0.3) is 0 Å². The summed E-state index contributed by atoms with van der Waals surface area (Å²) in [5.74, 6) is -0.155. The first-order chi connectivity index (χ1) is 12.6. The average molecular weight is 353 g/mol. The second kappa shape index (κ2) is 7.82. The predicted molar refractivity (Wildman–Crippen MR) is 93.7 cm³/mol. The van der Waals surface area contributed by atoms with Crippen LogP contribution in [0.4, 0.5) is 0 Å². The number of ether oxygens (including phenoxy) is 2. The number of hydrogen-bond acceptors (Lipinski definition) is 5. The highest BCUT2D eigenvalue weighted by atomic mass is 16.5. The zero-order valence-corrected chi connectivity index (χ0v) is 14.4. The third-order valence-corrected chi connectivity index (χ3v) is 4.05. The molecule has 1 aliphatic heterocycles. The quantitative estimate of drug-likeness (QED) is 0.434. The summed E-state index contributed by atoms with van der Waals surface area (Å²) < 4.78 is 10.6. The molecule has 1 saturated heterocycles. The van der Waals surface area contributed by atoms with E-state index in [0.29, 0.717) is 16.9 Å². The molecule has 2 aromatic carbocycles. The molecule has 0 radical (unpaired) electrons. The van der Waals surface area contributed by atoms with Gasteiger partial charge in [-0.1, -0.05) is 30.3 Å². The van der Waals surface area contributed by atoms with Crippen LogP contribution in [-0.2, 0) is 14.3 Å². The normalized spacial score (nSPS) is 16.0. The number of hydrogen-bond donors (Lipinski definition) is 0. The molecule has 6 heteroatoms. The lowest BCUT2D eigenvalue weighted by molar-refractivity contribution is -0.169. The zero-order chi connectivity index (χ0) is 18.5. The fraction of sp³-hybridized carbons (Fsp3) is 0.250. The maximum Gasteiger partial charge on any atom is 0.325 e. The number of β-lactam (4-membered cyclic amide) rings is 1. The number of ketones is 1. The van der Waals surface area contributed by atoms with Crippen LogP contribution in [0.1, 0.15) is 29.3 Å². The van der Waals surface area contributed by atoms with Gasteiger partial charge in [0.15, 0.2) is 12.0 Å². The lowest BCUT2D eigenvalue weighted by Crippen LogP contribution is -2.57. The third kappa shape index (κ3) is 3.91. The van der Waals surface area contributed by atoms with Crippen molar-refractivity contribution in [3.05, 3.63) is 65.7 Å². The molecule has 0 spiro atoms. The van der Waals surface area contributed by atoms with E-state index in [0.717, 1.165) is 0 Å². The van der Waals surface area contributed by atoms with Gasteiger partial charge in [0.25, 0.3) is 0 Å². The highest BCUT2D eigenvalue weighted by Gasteiger charge is 2.39. The number of benzene rings is 2. The number of amides is 1. The summed E-state index contributed by atoms with van der Waals surface area (Å²) in [5, 5.41) is 0. The highest BCUT2D eigenvalue weighted by Crippen LogP contribution is 2.24. The maximum atomic E-state index is 12.4. The lowest BCUT2D eigenvalue weighted by atomic mass is 10.0. The van der Waals surface area contributed by atoms with E-state index in [2.05, 4.69) is 0 Å². The molecular formula is C20H19NO5. The molecule has 0 N–H and O–H groups in total. The van der Waals surface area contributed by atoms with E-state index in [4.69, 9.17) is 9.47 Å². The summed E-state index contributed by atoms with van der Waals surface area (Å²) in [5.41, 5.74) is 1.17. The van der Waals surface area contributed by atoms with Gasteiger partial charge in [0.05, 0.1) is 13.0 Å². The Morgan fingerprint density at radius 2 is 1.69 bits per heavy atom. The topological polar surface area (TPSA) is 72.9 Å². The molecule has 2 aromatic rings. The van der Waals surface area contributed by atoms with Gasteiger partial charge in [0.2, 0.25) is 5.91 Å². The Labute approximate surface area is 151 Å². The molecule has 1 aliphatic rings. The van der Waals surface area contributed by atoms with Crippen molar-refractivity contribution in [2.45, 2.75) is 19.6 Å². The van der Waals surface area contributed by atoms with Crippen molar-refractivity contribution in [2.75, 3.05) is 13.2 Å². The second-order valence-corrected chi connectivity index (χ2v) is 5.82. The van der Waals surface area contributed by atoms with Gasteiger partial charge in [-0.05, 0) is 31.2 Å². The summed E-state index contributed by atoms with van der Waals surface area (Å²) in [6.45, 7) is 1.85. The second-order valence-electron chi connectivity index (χ2n) is 5.82. The average Bonchev–Trinajstić information content (AvgIpc) is 2.67. The smallest absolute Gasteiger partial charge is 0.325 e. The molecule has 6 nitrogen and oxygen atoms in total. The van der Waals surface area contributed by atoms with Crippen LogP contribution in [0, 0.1) is 0 Å². The van der Waals surface area contributed by atoms with Crippen LogP contribution < -0.4 is 4.74 Å². The number of nitrogens with zero attached hydrogens (tertiary/aromatic N) is 1. The molecule has 0 bridgehead atoms. The van der Waals surface area contributed by atoms with Crippen LogP contribution in [0.3, 0.4) is 0 Å². The summed E-state index contributed by atoms with van der Waals surface area (Å²) >= 11 is 0. The minimum Gasteiger partial charge on any atom is -0.470 e. The van der Waals surface area contributed by atoms with Gasteiger partial charge in [-0.3, -0.25) is 19.3 Å². The molecule has 1 amide bonds. The van der Waals surface area contributed by atoms with E-state index >= 15 is 0 Å². The third-order valence-electron chi connectivity index (χ3n) is 4.05. The lowest BCUT2D eigenvalue weighted by Gasteiger charge is -2.39. The molecular weight excluding hydrogens is 334 g/mol. The Kier molecular flexibility index (Phi) is 5.31. The largest absolute Gasteiger partial charge is 0.470 e. The van der Waals surface area contributed by atoms with Crippen LogP contribution in [-0.4, -0.2) is 41.9 Å². The van der Waals surface area contributed by atoms with E-state index in [1.54, 1.807) is 43.3 Å². The van der Waals surface area contributed by atoms with E-state index < -0.39 is 12.2 Å². The molecule has 0 aliphatic carbocycles. The van der Waals surface area contributed by atoms with E-state index in [1.165, 1.54) is 4.90 Å². The number of likely N-dealkylation sites (tertiary alicyclic amines) is 1. The van der Waals surface area contributed by atoms with Crippen LogP contribution in [0.15, 0.2) is 54.6 Å². The first-order valence-corrected chi connectivity index (χ1v) is 8.40. The highest BCUT2D eigenvalue weighted by molar-refractivity contribution is 6.09. The molecule has 1 heterocycles. The van der Waals surface area contributed by atoms with Gasteiger partial charge in [0.1, 0.15) is 12.3 Å². The fourth-order valence-electron chi connectivity index (χ4n) is 2.66. The van der Waals surface area contributed by atoms with Crippen molar-refractivity contribution < 1.29 is 23.9 Å². The number of carbonyl (C=O) groups is 3. The van der Waals surface area contributed by atoms with Crippen molar-refractivity contribution in [3.63, 3.8) is 0 Å². The van der Waals surface area contributed by atoms with Crippen molar-refractivity contribution in [1.29, 1.82) is 0 Å². The molecule has 0 aromatic heterocycles. The van der Waals surface area contributed by atoms with E-state index in [-0.39, 0.29) is 31.3 Å². The Bertz CT molecular complexity index is 801. The summed E-state index contributed by atoms with van der Waals surface area (Å²) in [4.78, 5) is 36.9. The van der Waals surface area contributed by atoms with Gasteiger partial charge in [-0.2, -0.15) is 0 Å². The minimum atomic E-state index is -0.498. The summed E-state index contributed by atoms with van der Waals surface area (Å²) in [6, 6.07) is 15.7. The van der Waals surface area contributed by atoms with Crippen molar-refractivity contribution in [2.24, 2.45) is 0 Å². The van der Waals surface area contributed by atoms with E-state index in [9.17, 15) is 14.4 Å². The molecule has 1 unspecified atom stereocenters. The molecule has 3 rings (SSSR count). The Hall–Kier alpha value is -3.15. The van der Waals surface area contributed by atoms with Crippen molar-refractivity contribution >= 4 is 17.7 Å². The summed E-state index contributed by atoms with van der Waals surface area (Å²) in [6.07, 6.45) is -0.285. The van der Waals surface area contributed by atoms with Gasteiger partial charge in [-0.25, -0.2) is 0 Å². The SMILES string of the molecule is CCOC(=O)CN1C(=O)CC1Oc1ccc(C(=O)c2ccccc2)cc1. The standard InChI is InChI=1S/C20H19NO5/c1-2-25-19(23)13-21-17(22)12-18(21)26-16-10-8-15(9-11-16)20(24)14-6-4-3-5-7-14/h3-11,18H,2,12-13H2,1H3. The number of carbonyl (C=O) groups excluding carboxylic acids is 3. The molecule has 1 fully saturated rings. The summed E-state index contributed by atoms with van der Waals surface area (Å²) in [7, 11) is 0. The molecule has 134 valence electrons. The first-order valence-electron chi connectivity index (χ1n) is 8.40. The van der Waals surface area contributed by atoms with Crippen molar-refractivity contribution in [1.82, 2.24) is 4.90 Å². The fourth-order valence-corrected chi connectivity index (χ4v) is 2.66. The zero-order valence-electron chi connectivity index (χ0n) is 14.4. The number of rotatable bonds is 7. The Balaban J connectivity index is 1.62. The molecule has 1 atom stereocenters.